The second-order valence-electron chi connectivity index (χ2n) is 6.02. The molecule has 114 valence electrons. The zero-order chi connectivity index (χ0) is 14.7. The third-order valence-electron chi connectivity index (χ3n) is 4.43. The maximum absolute atomic E-state index is 11.5. The maximum Gasteiger partial charge on any atom is 0.224 e. The van der Waals surface area contributed by atoms with Crippen LogP contribution in [0.1, 0.15) is 43.4 Å². The molecule has 0 aliphatic carbocycles. The minimum absolute atomic E-state index is 0.125. The second-order valence-corrected chi connectivity index (χ2v) is 6.02. The van der Waals surface area contributed by atoms with E-state index >= 15 is 0 Å². The topological polar surface area (TPSA) is 50.4 Å². The van der Waals surface area contributed by atoms with Crippen molar-refractivity contribution in [3.63, 3.8) is 0 Å². The largest absolute Gasteiger partial charge is 0.381 e. The summed E-state index contributed by atoms with van der Waals surface area (Å²) >= 11 is 0. The van der Waals surface area contributed by atoms with E-state index in [-0.39, 0.29) is 5.91 Å². The van der Waals surface area contributed by atoms with E-state index in [1.54, 1.807) is 0 Å². The van der Waals surface area contributed by atoms with Crippen molar-refractivity contribution in [1.82, 2.24) is 5.32 Å². The Hall–Kier alpha value is -1.39. The van der Waals surface area contributed by atoms with Crippen LogP contribution in [0.3, 0.4) is 0 Å². The third-order valence-corrected chi connectivity index (χ3v) is 4.43. The number of amides is 1. The van der Waals surface area contributed by atoms with Crippen LogP contribution in [0.15, 0.2) is 18.2 Å². The number of fused-ring (bicyclic) bond motifs is 1. The highest BCUT2D eigenvalue weighted by Gasteiger charge is 2.27. The smallest absolute Gasteiger partial charge is 0.224 e. The maximum atomic E-state index is 11.5. The lowest BCUT2D eigenvalue weighted by Crippen LogP contribution is -2.30. The molecular formula is C17H24N2O2. The van der Waals surface area contributed by atoms with Crippen molar-refractivity contribution in [2.75, 3.05) is 25.1 Å². The summed E-state index contributed by atoms with van der Waals surface area (Å²) in [5.41, 5.74) is 3.56. The van der Waals surface area contributed by atoms with Gasteiger partial charge in [-0.05, 0) is 43.0 Å². The molecule has 4 nitrogen and oxygen atoms in total. The lowest BCUT2D eigenvalue weighted by Gasteiger charge is -2.26. The number of hydrogen-bond donors (Lipinski definition) is 2. The van der Waals surface area contributed by atoms with Gasteiger partial charge < -0.3 is 15.4 Å². The first-order valence-corrected chi connectivity index (χ1v) is 8.01. The highest BCUT2D eigenvalue weighted by molar-refractivity contribution is 5.93. The Morgan fingerprint density at radius 2 is 2.33 bits per heavy atom. The van der Waals surface area contributed by atoms with Gasteiger partial charge in [0.05, 0.1) is 6.61 Å². The fourth-order valence-electron chi connectivity index (χ4n) is 3.27. The van der Waals surface area contributed by atoms with E-state index in [1.807, 2.05) is 0 Å². The lowest BCUT2D eigenvalue weighted by molar-refractivity contribution is -0.116. The van der Waals surface area contributed by atoms with Crippen LogP contribution in [0, 0.1) is 5.92 Å². The van der Waals surface area contributed by atoms with E-state index in [0.717, 1.165) is 44.7 Å². The van der Waals surface area contributed by atoms with Gasteiger partial charge in [0.1, 0.15) is 0 Å². The van der Waals surface area contributed by atoms with Gasteiger partial charge in [0, 0.05) is 30.7 Å². The summed E-state index contributed by atoms with van der Waals surface area (Å²) < 4.78 is 5.57. The Morgan fingerprint density at radius 3 is 3.10 bits per heavy atom. The fourth-order valence-corrected chi connectivity index (χ4v) is 3.27. The Balaban J connectivity index is 1.82. The van der Waals surface area contributed by atoms with Gasteiger partial charge in [0.15, 0.2) is 0 Å². The quantitative estimate of drug-likeness (QED) is 0.876. The number of carbonyl (C=O) groups excluding carboxylic acids is 1. The molecule has 4 heteroatoms. The summed E-state index contributed by atoms with van der Waals surface area (Å²) in [4.78, 5) is 11.5. The number of benzene rings is 1. The average molecular weight is 288 g/mol. The first kappa shape index (κ1) is 14.5. The number of anilines is 1. The summed E-state index contributed by atoms with van der Waals surface area (Å²) in [5.74, 6) is 0.674. The SMILES string of the molecule is CCCNC(c1ccc2c(c1)CCC(=O)N2)C1CCOC1. The van der Waals surface area contributed by atoms with E-state index in [0.29, 0.717) is 18.4 Å². The van der Waals surface area contributed by atoms with Crippen molar-refractivity contribution >= 4 is 11.6 Å². The predicted molar refractivity (Wildman–Crippen MR) is 83.4 cm³/mol. The van der Waals surface area contributed by atoms with E-state index in [1.165, 1.54) is 11.1 Å². The molecule has 1 saturated heterocycles. The Kier molecular flexibility index (Phi) is 4.56. The van der Waals surface area contributed by atoms with Gasteiger partial charge in [-0.3, -0.25) is 4.79 Å². The van der Waals surface area contributed by atoms with Gasteiger partial charge >= 0.3 is 0 Å². The van der Waals surface area contributed by atoms with Crippen LogP contribution in [-0.2, 0) is 16.0 Å². The zero-order valence-electron chi connectivity index (χ0n) is 12.7. The van der Waals surface area contributed by atoms with Gasteiger partial charge in [0.25, 0.3) is 0 Å². The van der Waals surface area contributed by atoms with Crippen molar-refractivity contribution in [3.8, 4) is 0 Å². The van der Waals surface area contributed by atoms with E-state index in [9.17, 15) is 4.79 Å². The molecule has 1 aromatic carbocycles. The number of rotatable bonds is 5. The van der Waals surface area contributed by atoms with E-state index < -0.39 is 0 Å². The van der Waals surface area contributed by atoms with Gasteiger partial charge in [-0.15, -0.1) is 0 Å². The average Bonchev–Trinajstić information content (AvgIpc) is 3.02. The minimum atomic E-state index is 0.125. The molecule has 2 atom stereocenters. The summed E-state index contributed by atoms with van der Waals surface area (Å²) in [6, 6.07) is 6.82. The third kappa shape index (κ3) is 3.27. The standard InChI is InChI=1S/C17H24N2O2/c1-2-8-18-17(14-7-9-21-11-14)13-3-5-15-12(10-13)4-6-16(20)19-15/h3,5,10,14,17-18H,2,4,6-9,11H2,1H3,(H,19,20). The first-order chi connectivity index (χ1) is 10.3. The molecule has 3 rings (SSSR count). The molecule has 0 spiro atoms. The normalized spacial score (nSPS) is 22.7. The number of ether oxygens (including phenoxy) is 1. The summed E-state index contributed by atoms with van der Waals surface area (Å²) in [7, 11) is 0. The highest BCUT2D eigenvalue weighted by Crippen LogP contribution is 2.32. The van der Waals surface area contributed by atoms with Gasteiger partial charge in [0.2, 0.25) is 5.91 Å². The van der Waals surface area contributed by atoms with Crippen molar-refractivity contribution < 1.29 is 9.53 Å². The molecule has 1 fully saturated rings. The molecule has 1 aromatic rings. The number of hydrogen-bond acceptors (Lipinski definition) is 3. The summed E-state index contributed by atoms with van der Waals surface area (Å²) in [6.45, 7) is 4.93. The van der Waals surface area contributed by atoms with Gasteiger partial charge in [-0.25, -0.2) is 0 Å². The predicted octanol–water partition coefficient (Wildman–Crippen LogP) is 2.65. The van der Waals surface area contributed by atoms with Crippen LogP contribution in [0.5, 0.6) is 0 Å². The van der Waals surface area contributed by atoms with Crippen LogP contribution in [0.2, 0.25) is 0 Å². The van der Waals surface area contributed by atoms with Crippen molar-refractivity contribution in [2.24, 2.45) is 5.92 Å². The second kappa shape index (κ2) is 6.58. The molecule has 21 heavy (non-hydrogen) atoms. The fraction of sp³-hybridized carbons (Fsp3) is 0.588. The summed E-state index contributed by atoms with van der Waals surface area (Å²) in [6.07, 6.45) is 3.69. The molecule has 2 heterocycles. The lowest BCUT2D eigenvalue weighted by atomic mass is 9.89. The van der Waals surface area contributed by atoms with Gasteiger partial charge in [-0.1, -0.05) is 19.1 Å². The molecule has 2 aliphatic rings. The van der Waals surface area contributed by atoms with Crippen molar-refractivity contribution in [1.29, 1.82) is 0 Å². The van der Waals surface area contributed by atoms with Crippen molar-refractivity contribution in [3.05, 3.63) is 29.3 Å². The molecule has 2 aliphatic heterocycles. The number of nitrogens with one attached hydrogen (secondary N) is 2. The molecule has 0 saturated carbocycles. The molecule has 2 N–H and O–H groups in total. The molecule has 0 aromatic heterocycles. The number of carbonyl (C=O) groups is 1. The molecule has 0 radical (unpaired) electrons. The summed E-state index contributed by atoms with van der Waals surface area (Å²) in [5, 5.41) is 6.63. The zero-order valence-corrected chi connectivity index (χ0v) is 12.7. The van der Waals surface area contributed by atoms with E-state index in [2.05, 4.69) is 35.8 Å². The molecule has 1 amide bonds. The van der Waals surface area contributed by atoms with Crippen LogP contribution in [0.4, 0.5) is 5.69 Å². The van der Waals surface area contributed by atoms with Crippen LogP contribution in [0.25, 0.3) is 0 Å². The van der Waals surface area contributed by atoms with Gasteiger partial charge in [-0.2, -0.15) is 0 Å². The number of aryl methyl sites for hydroxylation is 1. The van der Waals surface area contributed by atoms with Crippen LogP contribution >= 0.6 is 0 Å². The molecule has 0 bridgehead atoms. The molecule has 2 unspecified atom stereocenters. The van der Waals surface area contributed by atoms with Crippen LogP contribution < -0.4 is 10.6 Å². The van der Waals surface area contributed by atoms with E-state index in [4.69, 9.17) is 4.74 Å². The Labute approximate surface area is 126 Å². The first-order valence-electron chi connectivity index (χ1n) is 8.01. The minimum Gasteiger partial charge on any atom is -0.381 e. The highest BCUT2D eigenvalue weighted by atomic mass is 16.5. The Morgan fingerprint density at radius 1 is 1.43 bits per heavy atom. The van der Waals surface area contributed by atoms with Crippen molar-refractivity contribution in [2.45, 2.75) is 38.6 Å². The van der Waals surface area contributed by atoms with Crippen LogP contribution in [-0.4, -0.2) is 25.7 Å². The molecular weight excluding hydrogens is 264 g/mol. The monoisotopic (exact) mass is 288 g/mol. The Bertz CT molecular complexity index is 510.